The van der Waals surface area contributed by atoms with Crippen molar-refractivity contribution in [2.24, 2.45) is 10.2 Å². The lowest BCUT2D eigenvalue weighted by molar-refractivity contribution is 1.07. The molecule has 0 fully saturated rings. The van der Waals surface area contributed by atoms with E-state index in [4.69, 9.17) is 23.2 Å². The van der Waals surface area contributed by atoms with E-state index in [1.165, 1.54) is 0 Å². The maximum atomic E-state index is 5.83. The molecular weight excluding hydrogens is 359 g/mol. The lowest BCUT2D eigenvalue weighted by Crippen LogP contribution is -1.90. The third kappa shape index (κ3) is 5.34. The molecule has 2 aromatic carbocycles. The van der Waals surface area contributed by atoms with Crippen LogP contribution >= 0.6 is 23.2 Å². The standard InChI is InChI=1S/C17H14Cl2N6/c18-14-5-1-12(2-6-14)10-20-22-16-9-17(25-24-16)23-21-11-13-3-7-15(19)8-4-13/h1-11H,(H3,22,23,24,25)/b20-10+,21-11+. The van der Waals surface area contributed by atoms with Gasteiger partial charge in [0.25, 0.3) is 0 Å². The molecule has 0 amide bonds. The van der Waals surface area contributed by atoms with E-state index in [1.54, 1.807) is 42.8 Å². The number of aromatic amines is 1. The molecule has 0 bridgehead atoms. The highest BCUT2D eigenvalue weighted by Crippen LogP contribution is 2.11. The van der Waals surface area contributed by atoms with Gasteiger partial charge in [-0.3, -0.25) is 16.0 Å². The second-order valence-electron chi connectivity index (χ2n) is 5.01. The van der Waals surface area contributed by atoms with Gasteiger partial charge in [0.2, 0.25) is 0 Å². The maximum absolute atomic E-state index is 5.83. The fourth-order valence-electron chi connectivity index (χ4n) is 1.88. The molecule has 0 saturated heterocycles. The molecule has 1 aromatic heterocycles. The molecule has 126 valence electrons. The van der Waals surface area contributed by atoms with E-state index in [1.807, 2.05) is 24.3 Å². The molecule has 0 spiro atoms. The maximum Gasteiger partial charge on any atom is 0.170 e. The van der Waals surface area contributed by atoms with Gasteiger partial charge in [0.15, 0.2) is 5.82 Å². The van der Waals surface area contributed by atoms with E-state index in [0.29, 0.717) is 21.7 Å². The van der Waals surface area contributed by atoms with Gasteiger partial charge in [-0.2, -0.15) is 15.3 Å². The average molecular weight is 373 g/mol. The van der Waals surface area contributed by atoms with Crippen molar-refractivity contribution < 1.29 is 0 Å². The Kier molecular flexibility index (Phi) is 5.66. The number of rotatable bonds is 6. The quantitative estimate of drug-likeness (QED) is 0.436. The van der Waals surface area contributed by atoms with Crippen LogP contribution in [-0.4, -0.2) is 22.6 Å². The number of hydrogen-bond acceptors (Lipinski definition) is 5. The van der Waals surface area contributed by atoms with Crippen molar-refractivity contribution in [3.63, 3.8) is 0 Å². The molecule has 0 aliphatic rings. The first kappa shape index (κ1) is 17.0. The van der Waals surface area contributed by atoms with Crippen LogP contribution in [0, 0.1) is 0 Å². The highest BCUT2D eigenvalue weighted by Gasteiger charge is 1.98. The Morgan fingerprint density at radius 1 is 0.800 bits per heavy atom. The van der Waals surface area contributed by atoms with Crippen molar-refractivity contribution in [2.75, 3.05) is 10.9 Å². The summed E-state index contributed by atoms with van der Waals surface area (Å²) in [4.78, 5) is 0. The summed E-state index contributed by atoms with van der Waals surface area (Å²) in [5.74, 6) is 1.20. The summed E-state index contributed by atoms with van der Waals surface area (Å²) in [6.07, 6.45) is 3.36. The summed E-state index contributed by atoms with van der Waals surface area (Å²) in [6, 6.07) is 16.5. The van der Waals surface area contributed by atoms with Crippen LogP contribution in [0.25, 0.3) is 0 Å². The Morgan fingerprint density at radius 3 is 1.88 bits per heavy atom. The third-order valence-corrected chi connectivity index (χ3v) is 3.61. The number of aromatic nitrogens is 2. The van der Waals surface area contributed by atoms with E-state index in [0.717, 1.165) is 11.1 Å². The molecule has 1 heterocycles. The molecule has 3 N–H and O–H groups in total. The summed E-state index contributed by atoms with van der Waals surface area (Å²) < 4.78 is 0. The normalized spacial score (nSPS) is 11.3. The van der Waals surface area contributed by atoms with Gasteiger partial charge in [0.05, 0.1) is 12.4 Å². The van der Waals surface area contributed by atoms with Crippen LogP contribution in [-0.2, 0) is 0 Å². The minimum absolute atomic E-state index is 0.564. The third-order valence-electron chi connectivity index (χ3n) is 3.11. The minimum atomic E-state index is 0.564. The van der Waals surface area contributed by atoms with Crippen molar-refractivity contribution in [2.45, 2.75) is 0 Å². The Morgan fingerprint density at radius 2 is 1.32 bits per heavy atom. The van der Waals surface area contributed by atoms with Crippen LogP contribution in [0.15, 0.2) is 64.8 Å². The Hall–Kier alpha value is -2.83. The second-order valence-corrected chi connectivity index (χ2v) is 5.88. The summed E-state index contributed by atoms with van der Waals surface area (Å²) >= 11 is 11.7. The van der Waals surface area contributed by atoms with Crippen LogP contribution < -0.4 is 10.9 Å². The number of hydrogen-bond donors (Lipinski definition) is 3. The first-order valence-corrected chi connectivity index (χ1v) is 8.09. The van der Waals surface area contributed by atoms with Gasteiger partial charge in [0.1, 0.15) is 5.82 Å². The Labute approximate surface area is 154 Å². The molecular formula is C17H14Cl2N6. The van der Waals surface area contributed by atoms with Crippen molar-refractivity contribution in [1.82, 2.24) is 10.2 Å². The van der Waals surface area contributed by atoms with E-state index >= 15 is 0 Å². The topological polar surface area (TPSA) is 77.5 Å². The van der Waals surface area contributed by atoms with E-state index in [2.05, 4.69) is 31.3 Å². The molecule has 0 radical (unpaired) electrons. The summed E-state index contributed by atoms with van der Waals surface area (Å²) in [5.41, 5.74) is 7.55. The summed E-state index contributed by atoms with van der Waals surface area (Å²) in [5, 5.41) is 16.5. The van der Waals surface area contributed by atoms with Crippen LogP contribution in [0.2, 0.25) is 10.0 Å². The number of anilines is 2. The second kappa shape index (κ2) is 8.32. The molecule has 3 rings (SSSR count). The Balaban J connectivity index is 1.51. The van der Waals surface area contributed by atoms with Crippen molar-refractivity contribution in [3.8, 4) is 0 Å². The smallest absolute Gasteiger partial charge is 0.170 e. The minimum Gasteiger partial charge on any atom is -0.262 e. The number of halogens is 2. The summed E-state index contributed by atoms with van der Waals surface area (Å²) in [6.45, 7) is 0. The zero-order valence-corrected chi connectivity index (χ0v) is 14.5. The van der Waals surface area contributed by atoms with Crippen LogP contribution in [0.3, 0.4) is 0 Å². The highest BCUT2D eigenvalue weighted by molar-refractivity contribution is 6.30. The molecule has 25 heavy (non-hydrogen) atoms. The van der Waals surface area contributed by atoms with Crippen LogP contribution in [0.4, 0.5) is 11.6 Å². The average Bonchev–Trinajstić information content (AvgIpc) is 3.06. The van der Waals surface area contributed by atoms with Gasteiger partial charge < -0.3 is 0 Å². The molecule has 0 saturated carbocycles. The van der Waals surface area contributed by atoms with Crippen molar-refractivity contribution in [3.05, 3.63) is 75.8 Å². The van der Waals surface area contributed by atoms with Gasteiger partial charge in [-0.05, 0) is 35.4 Å². The Bertz CT molecular complexity index is 797. The molecule has 0 unspecified atom stereocenters. The molecule has 0 aliphatic carbocycles. The van der Waals surface area contributed by atoms with E-state index in [9.17, 15) is 0 Å². The highest BCUT2D eigenvalue weighted by atomic mass is 35.5. The van der Waals surface area contributed by atoms with Crippen molar-refractivity contribution in [1.29, 1.82) is 0 Å². The predicted molar refractivity (Wildman–Crippen MR) is 104 cm³/mol. The fourth-order valence-corrected chi connectivity index (χ4v) is 2.14. The molecule has 0 aliphatic heterocycles. The zero-order chi connectivity index (χ0) is 17.5. The van der Waals surface area contributed by atoms with Crippen LogP contribution in [0.1, 0.15) is 11.1 Å². The monoisotopic (exact) mass is 372 g/mol. The number of H-pyrrole nitrogens is 1. The number of nitrogens with zero attached hydrogens (tertiary/aromatic N) is 3. The van der Waals surface area contributed by atoms with Gasteiger partial charge in [-0.25, -0.2) is 0 Å². The zero-order valence-electron chi connectivity index (χ0n) is 12.9. The van der Waals surface area contributed by atoms with Crippen molar-refractivity contribution >= 4 is 47.3 Å². The summed E-state index contributed by atoms with van der Waals surface area (Å²) in [7, 11) is 0. The number of benzene rings is 2. The first-order chi connectivity index (χ1) is 12.2. The van der Waals surface area contributed by atoms with Crippen LogP contribution in [0.5, 0.6) is 0 Å². The van der Waals surface area contributed by atoms with Gasteiger partial charge in [-0.1, -0.05) is 47.5 Å². The van der Waals surface area contributed by atoms with Gasteiger partial charge >= 0.3 is 0 Å². The number of nitrogens with one attached hydrogen (secondary N) is 3. The SMILES string of the molecule is Clc1ccc(/C=N/Nc2cc(N/N=C/c3ccc(Cl)cc3)[nH]n2)cc1. The molecule has 8 heteroatoms. The predicted octanol–water partition coefficient (Wildman–Crippen LogP) is 4.61. The lowest BCUT2D eigenvalue weighted by atomic mass is 10.2. The lowest BCUT2D eigenvalue weighted by Gasteiger charge is -1.95. The van der Waals surface area contributed by atoms with E-state index in [-0.39, 0.29) is 0 Å². The molecule has 3 aromatic rings. The molecule has 6 nitrogen and oxygen atoms in total. The van der Waals surface area contributed by atoms with Gasteiger partial charge in [-0.15, -0.1) is 0 Å². The fraction of sp³-hybridized carbons (Fsp3) is 0. The van der Waals surface area contributed by atoms with E-state index < -0.39 is 0 Å². The largest absolute Gasteiger partial charge is 0.262 e. The van der Waals surface area contributed by atoms with Gasteiger partial charge in [0, 0.05) is 16.1 Å². The number of hydrazone groups is 2. The molecule has 0 atom stereocenters. The first-order valence-electron chi connectivity index (χ1n) is 7.34.